The fraction of sp³-hybridized carbons (Fsp3) is 0.375. The molecule has 0 saturated carbocycles. The number of nitrogens with zero attached hydrogens (tertiary/aromatic N) is 1. The largest absolute Gasteiger partial charge is 0.363 e. The quantitative estimate of drug-likeness (QED) is 0.656. The molecule has 0 bridgehead atoms. The van der Waals surface area contributed by atoms with Gasteiger partial charge in [-0.2, -0.15) is 0 Å². The van der Waals surface area contributed by atoms with Gasteiger partial charge in [-0.3, -0.25) is 4.79 Å². The van der Waals surface area contributed by atoms with Crippen LogP contribution in [0.3, 0.4) is 0 Å². The zero-order valence-corrected chi connectivity index (χ0v) is 7.24. The van der Waals surface area contributed by atoms with Crippen LogP contribution in [-0.4, -0.2) is 29.9 Å². The maximum atomic E-state index is 11.3. The van der Waals surface area contributed by atoms with Gasteiger partial charge in [0, 0.05) is 26.0 Å². The molecule has 1 unspecified atom stereocenters. The van der Waals surface area contributed by atoms with E-state index in [1.54, 1.807) is 26.4 Å². The van der Waals surface area contributed by atoms with Gasteiger partial charge in [-0.15, -0.1) is 0 Å². The summed E-state index contributed by atoms with van der Waals surface area (Å²) in [6.07, 6.45) is 1.75. The topological polar surface area (TPSA) is 62.1 Å². The molecule has 1 rings (SSSR count). The van der Waals surface area contributed by atoms with Crippen LogP contribution in [-0.2, 0) is 4.79 Å². The fourth-order valence-corrected chi connectivity index (χ4v) is 0.949. The Bertz CT molecular complexity index is 253. The van der Waals surface area contributed by atoms with Crippen molar-refractivity contribution in [2.45, 2.75) is 6.04 Å². The number of hydrogen-bond acceptors (Lipinski definition) is 2. The second-order valence-corrected chi connectivity index (χ2v) is 2.84. The zero-order valence-electron chi connectivity index (χ0n) is 7.24. The summed E-state index contributed by atoms with van der Waals surface area (Å²) in [6, 6.07) is 3.04. The van der Waals surface area contributed by atoms with Crippen LogP contribution >= 0.6 is 0 Å². The van der Waals surface area contributed by atoms with Crippen LogP contribution in [0, 0.1) is 0 Å². The Kier molecular flexibility index (Phi) is 2.50. The smallest absolute Gasteiger partial charge is 0.245 e. The lowest BCUT2D eigenvalue weighted by atomic mass is 10.2. The maximum Gasteiger partial charge on any atom is 0.245 e. The molecule has 4 heteroatoms. The van der Waals surface area contributed by atoms with E-state index in [9.17, 15) is 4.79 Å². The van der Waals surface area contributed by atoms with Crippen molar-refractivity contribution in [2.75, 3.05) is 14.1 Å². The summed E-state index contributed by atoms with van der Waals surface area (Å²) in [5, 5.41) is 0. The molecule has 0 saturated heterocycles. The van der Waals surface area contributed by atoms with E-state index in [0.29, 0.717) is 0 Å². The van der Waals surface area contributed by atoms with E-state index < -0.39 is 6.04 Å². The zero-order chi connectivity index (χ0) is 9.14. The van der Waals surface area contributed by atoms with Crippen LogP contribution in [0.5, 0.6) is 0 Å². The van der Waals surface area contributed by atoms with E-state index in [1.165, 1.54) is 4.90 Å². The van der Waals surface area contributed by atoms with Crippen molar-refractivity contribution in [3.8, 4) is 0 Å². The van der Waals surface area contributed by atoms with E-state index >= 15 is 0 Å². The molecule has 0 aliphatic carbocycles. The van der Waals surface area contributed by atoms with Gasteiger partial charge in [0.1, 0.15) is 6.04 Å². The molecule has 4 nitrogen and oxygen atoms in total. The number of rotatable bonds is 2. The van der Waals surface area contributed by atoms with Gasteiger partial charge in [0.2, 0.25) is 5.91 Å². The van der Waals surface area contributed by atoms with Gasteiger partial charge in [0.05, 0.1) is 0 Å². The van der Waals surface area contributed by atoms with E-state index in [1.807, 2.05) is 6.07 Å². The van der Waals surface area contributed by atoms with E-state index in [4.69, 9.17) is 5.73 Å². The first-order valence-corrected chi connectivity index (χ1v) is 3.73. The summed E-state index contributed by atoms with van der Waals surface area (Å²) in [5.74, 6) is -0.0996. The Labute approximate surface area is 71.4 Å². The minimum absolute atomic E-state index is 0.0996. The molecular formula is C8H13N3O. The van der Waals surface area contributed by atoms with Crippen LogP contribution in [0.15, 0.2) is 18.3 Å². The van der Waals surface area contributed by atoms with Crippen LogP contribution in [0.1, 0.15) is 11.7 Å². The number of amides is 1. The highest BCUT2D eigenvalue weighted by Gasteiger charge is 2.17. The SMILES string of the molecule is CN(C)C(=O)C(N)c1ccc[nH]1. The third-order valence-corrected chi connectivity index (χ3v) is 1.66. The number of likely N-dealkylation sites (N-methyl/N-ethyl adjacent to an activating group) is 1. The first kappa shape index (κ1) is 8.80. The molecule has 3 N–H and O–H groups in total. The first-order valence-electron chi connectivity index (χ1n) is 3.73. The fourth-order valence-electron chi connectivity index (χ4n) is 0.949. The molecule has 0 spiro atoms. The van der Waals surface area contributed by atoms with E-state index in [-0.39, 0.29) is 5.91 Å². The molecule has 1 heterocycles. The molecule has 66 valence electrons. The number of carbonyl (C=O) groups excluding carboxylic acids is 1. The second kappa shape index (κ2) is 3.40. The van der Waals surface area contributed by atoms with Gasteiger partial charge in [0.25, 0.3) is 0 Å². The second-order valence-electron chi connectivity index (χ2n) is 2.84. The highest BCUT2D eigenvalue weighted by atomic mass is 16.2. The van der Waals surface area contributed by atoms with Crippen LogP contribution < -0.4 is 5.73 Å². The maximum absolute atomic E-state index is 11.3. The van der Waals surface area contributed by atoms with E-state index in [0.717, 1.165) is 5.69 Å². The minimum Gasteiger partial charge on any atom is -0.363 e. The summed E-state index contributed by atoms with van der Waals surface area (Å²) in [5.41, 5.74) is 6.41. The Morgan fingerprint density at radius 3 is 2.75 bits per heavy atom. The summed E-state index contributed by atoms with van der Waals surface area (Å²) < 4.78 is 0. The Hall–Kier alpha value is -1.29. The average molecular weight is 167 g/mol. The lowest BCUT2D eigenvalue weighted by Gasteiger charge is -2.15. The Morgan fingerprint density at radius 1 is 1.67 bits per heavy atom. The normalized spacial score (nSPS) is 12.6. The average Bonchev–Trinajstić information content (AvgIpc) is 2.53. The Morgan fingerprint density at radius 2 is 2.33 bits per heavy atom. The lowest BCUT2D eigenvalue weighted by Crippen LogP contribution is -2.33. The molecule has 0 aromatic carbocycles. The van der Waals surface area contributed by atoms with Crippen LogP contribution in [0.4, 0.5) is 0 Å². The van der Waals surface area contributed by atoms with Gasteiger partial charge in [-0.05, 0) is 12.1 Å². The molecule has 1 aromatic rings. The molecule has 0 aliphatic rings. The highest BCUT2D eigenvalue weighted by Crippen LogP contribution is 2.08. The van der Waals surface area contributed by atoms with Gasteiger partial charge < -0.3 is 15.6 Å². The predicted molar refractivity (Wildman–Crippen MR) is 46.4 cm³/mol. The van der Waals surface area contributed by atoms with Gasteiger partial charge >= 0.3 is 0 Å². The number of nitrogens with two attached hydrogens (primary N) is 1. The molecular weight excluding hydrogens is 154 g/mol. The predicted octanol–water partition coefficient (Wildman–Crippen LogP) is 0.103. The van der Waals surface area contributed by atoms with Gasteiger partial charge in [0.15, 0.2) is 0 Å². The molecule has 12 heavy (non-hydrogen) atoms. The monoisotopic (exact) mass is 167 g/mol. The number of hydrogen-bond donors (Lipinski definition) is 2. The van der Waals surface area contributed by atoms with Crippen molar-refractivity contribution in [3.05, 3.63) is 24.0 Å². The van der Waals surface area contributed by atoms with Crippen LogP contribution in [0.2, 0.25) is 0 Å². The number of aromatic nitrogens is 1. The van der Waals surface area contributed by atoms with E-state index in [2.05, 4.69) is 4.98 Å². The van der Waals surface area contributed by atoms with Crippen molar-refractivity contribution in [3.63, 3.8) is 0 Å². The van der Waals surface area contributed by atoms with Gasteiger partial charge in [-0.25, -0.2) is 0 Å². The molecule has 1 amide bonds. The number of aromatic amines is 1. The Balaban J connectivity index is 2.72. The molecule has 0 fully saturated rings. The number of nitrogens with one attached hydrogen (secondary N) is 1. The number of H-pyrrole nitrogens is 1. The summed E-state index contributed by atoms with van der Waals surface area (Å²) in [6.45, 7) is 0. The number of carbonyl (C=O) groups is 1. The van der Waals surface area contributed by atoms with Crippen LogP contribution in [0.25, 0.3) is 0 Å². The molecule has 1 aromatic heterocycles. The molecule has 0 aliphatic heterocycles. The molecule has 0 radical (unpaired) electrons. The summed E-state index contributed by atoms with van der Waals surface area (Å²) >= 11 is 0. The van der Waals surface area contributed by atoms with Crippen molar-refractivity contribution < 1.29 is 4.79 Å². The minimum atomic E-state index is -0.574. The molecule has 1 atom stereocenters. The van der Waals surface area contributed by atoms with Crippen molar-refractivity contribution in [2.24, 2.45) is 5.73 Å². The van der Waals surface area contributed by atoms with Crippen molar-refractivity contribution >= 4 is 5.91 Å². The van der Waals surface area contributed by atoms with Crippen molar-refractivity contribution in [1.29, 1.82) is 0 Å². The first-order chi connectivity index (χ1) is 5.63. The third-order valence-electron chi connectivity index (χ3n) is 1.66. The van der Waals surface area contributed by atoms with Gasteiger partial charge in [-0.1, -0.05) is 0 Å². The lowest BCUT2D eigenvalue weighted by molar-refractivity contribution is -0.130. The van der Waals surface area contributed by atoms with Crippen molar-refractivity contribution in [1.82, 2.24) is 9.88 Å². The third kappa shape index (κ3) is 1.65. The standard InChI is InChI=1S/C8H13N3O/c1-11(2)8(12)7(9)6-4-3-5-10-6/h3-5,7,10H,9H2,1-2H3. The summed E-state index contributed by atoms with van der Waals surface area (Å²) in [4.78, 5) is 15.7. The summed E-state index contributed by atoms with van der Waals surface area (Å²) in [7, 11) is 3.37. The highest BCUT2D eigenvalue weighted by molar-refractivity contribution is 5.82.